The Kier molecular flexibility index (Phi) is 4.70. The minimum atomic E-state index is 0.262. The number of nitrogen functional groups attached to an aromatic ring is 1. The maximum absolute atomic E-state index is 5.70. The molecule has 0 unspecified atom stereocenters. The molecular formula is C13H16N4O3. The van der Waals surface area contributed by atoms with E-state index in [1.54, 1.807) is 32.4 Å². The molecule has 0 bridgehead atoms. The summed E-state index contributed by atoms with van der Waals surface area (Å²) in [4.78, 5) is 8.37. The van der Waals surface area contributed by atoms with Crippen molar-refractivity contribution in [1.29, 1.82) is 0 Å². The van der Waals surface area contributed by atoms with Crippen LogP contribution in [0.5, 0.6) is 17.4 Å². The number of hydrogen-bond donors (Lipinski definition) is 2. The molecule has 2 aromatic rings. The lowest BCUT2D eigenvalue weighted by molar-refractivity contribution is 0.177. The Hall–Kier alpha value is -2.38. The lowest BCUT2D eigenvalue weighted by Gasteiger charge is -2.11. The smallest absolute Gasteiger partial charge is 0.225 e. The third-order valence-electron chi connectivity index (χ3n) is 2.45. The van der Waals surface area contributed by atoms with Gasteiger partial charge >= 0.3 is 0 Å². The van der Waals surface area contributed by atoms with Gasteiger partial charge in [-0.05, 0) is 12.1 Å². The fourth-order valence-electron chi connectivity index (χ4n) is 1.61. The van der Waals surface area contributed by atoms with Gasteiger partial charge in [-0.15, -0.1) is 0 Å². The topological polar surface area (TPSA) is 91.5 Å². The van der Waals surface area contributed by atoms with Gasteiger partial charge in [-0.2, -0.15) is 4.98 Å². The molecule has 7 heteroatoms. The van der Waals surface area contributed by atoms with Crippen molar-refractivity contribution in [3.05, 3.63) is 36.2 Å². The number of aromatic nitrogens is 2. The van der Waals surface area contributed by atoms with Crippen LogP contribution in [0.1, 0.15) is 5.82 Å². The molecule has 0 aliphatic carbocycles. The van der Waals surface area contributed by atoms with Gasteiger partial charge in [-0.3, -0.25) is 0 Å². The second-order valence-electron chi connectivity index (χ2n) is 3.84. The van der Waals surface area contributed by atoms with Gasteiger partial charge in [0, 0.05) is 13.2 Å². The second-order valence-corrected chi connectivity index (χ2v) is 3.84. The zero-order valence-electron chi connectivity index (χ0n) is 11.3. The molecule has 7 nitrogen and oxygen atoms in total. The number of para-hydroxylation sites is 2. The number of methoxy groups -OCH3 is 2. The summed E-state index contributed by atoms with van der Waals surface area (Å²) in [5.74, 6) is 7.80. The first-order valence-corrected chi connectivity index (χ1v) is 5.91. The van der Waals surface area contributed by atoms with E-state index in [1.165, 1.54) is 0 Å². The molecule has 0 saturated heterocycles. The molecule has 1 aromatic carbocycles. The third kappa shape index (κ3) is 3.34. The molecule has 0 saturated carbocycles. The van der Waals surface area contributed by atoms with E-state index in [4.69, 9.17) is 20.1 Å². The summed E-state index contributed by atoms with van der Waals surface area (Å²) < 4.78 is 15.9. The number of anilines is 1. The lowest BCUT2D eigenvalue weighted by Crippen LogP contribution is -2.11. The van der Waals surface area contributed by atoms with Crippen LogP contribution in [0.4, 0.5) is 5.82 Å². The van der Waals surface area contributed by atoms with Crippen LogP contribution in [0.25, 0.3) is 0 Å². The Bertz CT molecular complexity index is 577. The van der Waals surface area contributed by atoms with Crippen LogP contribution < -0.4 is 20.7 Å². The number of ether oxygens (including phenoxy) is 3. The van der Waals surface area contributed by atoms with Crippen LogP contribution in [0.2, 0.25) is 0 Å². The first-order valence-electron chi connectivity index (χ1n) is 5.91. The Labute approximate surface area is 116 Å². The summed E-state index contributed by atoms with van der Waals surface area (Å²) >= 11 is 0. The zero-order chi connectivity index (χ0) is 14.4. The van der Waals surface area contributed by atoms with Crippen LogP contribution in [-0.2, 0) is 11.3 Å². The predicted molar refractivity (Wildman–Crippen MR) is 73.6 cm³/mol. The largest absolute Gasteiger partial charge is 0.493 e. The molecule has 0 atom stereocenters. The maximum atomic E-state index is 5.70. The van der Waals surface area contributed by atoms with Crippen LogP contribution >= 0.6 is 0 Å². The highest BCUT2D eigenvalue weighted by atomic mass is 16.5. The molecular weight excluding hydrogens is 260 g/mol. The van der Waals surface area contributed by atoms with Crippen molar-refractivity contribution in [3.8, 4) is 17.4 Å². The number of nitrogens with two attached hydrogens (primary N) is 1. The standard InChI is InChI=1S/C13H16N4O3/c1-18-8-12-15-11(17-14)7-13(16-12)20-10-6-4-3-5-9(10)19-2/h3-7H,8,14H2,1-2H3,(H,15,16,17). The van der Waals surface area contributed by atoms with Crippen molar-refractivity contribution in [2.24, 2.45) is 5.84 Å². The molecule has 2 rings (SSSR count). The normalized spacial score (nSPS) is 10.2. The van der Waals surface area contributed by atoms with E-state index in [0.29, 0.717) is 29.0 Å². The fourth-order valence-corrected chi connectivity index (χ4v) is 1.61. The Morgan fingerprint density at radius 2 is 1.90 bits per heavy atom. The molecule has 1 aromatic heterocycles. The van der Waals surface area contributed by atoms with Crippen molar-refractivity contribution < 1.29 is 14.2 Å². The Morgan fingerprint density at radius 3 is 2.55 bits per heavy atom. The average molecular weight is 276 g/mol. The number of nitrogens with one attached hydrogen (secondary N) is 1. The van der Waals surface area contributed by atoms with Gasteiger partial charge in [0.2, 0.25) is 5.88 Å². The van der Waals surface area contributed by atoms with Gasteiger partial charge in [0.1, 0.15) is 12.4 Å². The molecule has 3 N–H and O–H groups in total. The van der Waals surface area contributed by atoms with Gasteiger partial charge in [0.15, 0.2) is 17.3 Å². The Balaban J connectivity index is 2.30. The first-order chi connectivity index (χ1) is 9.76. The van der Waals surface area contributed by atoms with Crippen LogP contribution in [0, 0.1) is 0 Å². The molecule has 0 aliphatic rings. The average Bonchev–Trinajstić information content (AvgIpc) is 2.48. The van der Waals surface area contributed by atoms with Crippen LogP contribution in [0.15, 0.2) is 30.3 Å². The summed E-state index contributed by atoms with van der Waals surface area (Å²) in [6, 6.07) is 8.87. The molecule has 0 amide bonds. The molecule has 0 aliphatic heterocycles. The maximum Gasteiger partial charge on any atom is 0.225 e. The van der Waals surface area contributed by atoms with E-state index < -0.39 is 0 Å². The van der Waals surface area contributed by atoms with E-state index >= 15 is 0 Å². The number of rotatable bonds is 6. The van der Waals surface area contributed by atoms with Crippen molar-refractivity contribution in [2.75, 3.05) is 19.6 Å². The summed E-state index contributed by atoms with van der Waals surface area (Å²) in [7, 11) is 3.14. The van der Waals surface area contributed by atoms with Gasteiger partial charge in [-0.1, -0.05) is 12.1 Å². The third-order valence-corrected chi connectivity index (χ3v) is 2.45. The summed E-state index contributed by atoms with van der Waals surface area (Å²) in [6.45, 7) is 0.262. The summed E-state index contributed by atoms with van der Waals surface area (Å²) in [5.41, 5.74) is 2.46. The van der Waals surface area contributed by atoms with Gasteiger partial charge in [0.05, 0.1) is 7.11 Å². The number of hydrogen-bond acceptors (Lipinski definition) is 7. The molecule has 106 valence electrons. The molecule has 0 spiro atoms. The van der Waals surface area contributed by atoms with E-state index in [0.717, 1.165) is 0 Å². The lowest BCUT2D eigenvalue weighted by atomic mass is 10.3. The minimum absolute atomic E-state index is 0.262. The van der Waals surface area contributed by atoms with E-state index in [9.17, 15) is 0 Å². The van der Waals surface area contributed by atoms with Crippen LogP contribution in [0.3, 0.4) is 0 Å². The van der Waals surface area contributed by atoms with E-state index in [1.807, 2.05) is 12.1 Å². The van der Waals surface area contributed by atoms with Crippen LogP contribution in [-0.4, -0.2) is 24.2 Å². The number of hydrazine groups is 1. The highest BCUT2D eigenvalue weighted by molar-refractivity contribution is 5.44. The summed E-state index contributed by atoms with van der Waals surface area (Å²) in [6.07, 6.45) is 0. The van der Waals surface area contributed by atoms with Crippen molar-refractivity contribution in [1.82, 2.24) is 9.97 Å². The van der Waals surface area contributed by atoms with Gasteiger partial charge < -0.3 is 19.6 Å². The van der Waals surface area contributed by atoms with Crippen molar-refractivity contribution in [2.45, 2.75) is 6.61 Å². The molecule has 20 heavy (non-hydrogen) atoms. The molecule has 0 fully saturated rings. The molecule has 1 heterocycles. The Morgan fingerprint density at radius 1 is 1.15 bits per heavy atom. The quantitative estimate of drug-likeness (QED) is 0.613. The zero-order valence-corrected chi connectivity index (χ0v) is 11.3. The van der Waals surface area contributed by atoms with E-state index in [2.05, 4.69) is 15.4 Å². The van der Waals surface area contributed by atoms with Gasteiger partial charge in [-0.25, -0.2) is 10.8 Å². The van der Waals surface area contributed by atoms with Gasteiger partial charge in [0.25, 0.3) is 0 Å². The SMILES string of the molecule is COCc1nc(NN)cc(Oc2ccccc2OC)n1. The van der Waals surface area contributed by atoms with E-state index in [-0.39, 0.29) is 6.61 Å². The highest BCUT2D eigenvalue weighted by Gasteiger charge is 2.09. The molecule has 0 radical (unpaired) electrons. The minimum Gasteiger partial charge on any atom is -0.493 e. The second kappa shape index (κ2) is 6.69. The predicted octanol–water partition coefficient (Wildman–Crippen LogP) is 1.71. The van der Waals surface area contributed by atoms with Crippen molar-refractivity contribution >= 4 is 5.82 Å². The number of benzene rings is 1. The summed E-state index contributed by atoms with van der Waals surface area (Å²) in [5, 5.41) is 0. The first kappa shape index (κ1) is 14.0. The fraction of sp³-hybridized carbons (Fsp3) is 0.231. The van der Waals surface area contributed by atoms with Crippen molar-refractivity contribution in [3.63, 3.8) is 0 Å². The number of nitrogens with zero attached hydrogens (tertiary/aromatic N) is 2. The highest BCUT2D eigenvalue weighted by Crippen LogP contribution is 2.30. The monoisotopic (exact) mass is 276 g/mol.